The van der Waals surface area contributed by atoms with E-state index >= 15 is 0 Å². The van der Waals surface area contributed by atoms with Gasteiger partial charge in [0.25, 0.3) is 0 Å². The van der Waals surface area contributed by atoms with Crippen LogP contribution in [0.25, 0.3) is 0 Å². The van der Waals surface area contributed by atoms with Gasteiger partial charge in [-0.25, -0.2) is 15.0 Å². The summed E-state index contributed by atoms with van der Waals surface area (Å²) in [6.45, 7) is 8.82. The molecule has 0 spiro atoms. The van der Waals surface area contributed by atoms with Crippen molar-refractivity contribution in [3.63, 3.8) is 0 Å². The van der Waals surface area contributed by atoms with Gasteiger partial charge in [-0.1, -0.05) is 0 Å². The molecule has 0 aromatic carbocycles. The minimum Gasteiger partial charge on any atom is -0.370 e. The maximum atomic E-state index is 4.49. The van der Waals surface area contributed by atoms with Crippen LogP contribution < -0.4 is 10.6 Å². The first kappa shape index (κ1) is 15.3. The Hall–Kier alpha value is -2.11. The summed E-state index contributed by atoms with van der Waals surface area (Å²) in [7, 11) is 0. The van der Waals surface area contributed by atoms with E-state index in [4.69, 9.17) is 0 Å². The van der Waals surface area contributed by atoms with Gasteiger partial charge in [-0.15, -0.1) is 0 Å². The van der Waals surface area contributed by atoms with E-state index in [1.54, 1.807) is 0 Å². The summed E-state index contributed by atoms with van der Waals surface area (Å²) >= 11 is 0. The Kier molecular flexibility index (Phi) is 5.54. The summed E-state index contributed by atoms with van der Waals surface area (Å²) in [5.74, 6) is 2.64. The lowest BCUT2D eigenvalue weighted by Gasteiger charge is -2.13. The van der Waals surface area contributed by atoms with Gasteiger partial charge in [-0.05, 0) is 33.6 Å². The first-order valence-electron chi connectivity index (χ1n) is 7.49. The van der Waals surface area contributed by atoms with Crippen molar-refractivity contribution in [3.05, 3.63) is 30.1 Å². The summed E-state index contributed by atoms with van der Waals surface area (Å²) < 4.78 is 2.10. The van der Waals surface area contributed by atoms with Crippen LogP contribution in [0.5, 0.6) is 0 Å². The van der Waals surface area contributed by atoms with Crippen LogP contribution in [0.2, 0.25) is 0 Å². The molecule has 2 rings (SSSR count). The molecule has 2 N–H and O–H groups in total. The number of aromatic nitrogens is 4. The lowest BCUT2D eigenvalue weighted by Crippen LogP contribution is -2.11. The Balaban J connectivity index is 1.82. The standard InChI is InChI=1S/C15H24N6/c1-4-17-14-12(2)15(20-13(3)19-14)18-7-5-6-9-21-10-8-16-11-21/h8,10-11H,4-7,9H2,1-3H3,(H2,17,18,19,20). The van der Waals surface area contributed by atoms with Gasteiger partial charge < -0.3 is 15.2 Å². The van der Waals surface area contributed by atoms with Gasteiger partial charge in [0, 0.05) is 37.6 Å². The Morgan fingerprint density at radius 1 is 1.10 bits per heavy atom. The number of hydrogen-bond donors (Lipinski definition) is 2. The van der Waals surface area contributed by atoms with Crippen molar-refractivity contribution in [2.45, 2.75) is 40.2 Å². The quantitative estimate of drug-likeness (QED) is 0.731. The second-order valence-corrected chi connectivity index (χ2v) is 5.06. The number of rotatable bonds is 8. The molecule has 0 aliphatic heterocycles. The monoisotopic (exact) mass is 288 g/mol. The van der Waals surface area contributed by atoms with Gasteiger partial charge >= 0.3 is 0 Å². The summed E-state index contributed by atoms with van der Waals surface area (Å²) in [5.41, 5.74) is 1.08. The molecule has 2 aromatic rings. The van der Waals surface area contributed by atoms with E-state index in [1.165, 1.54) is 0 Å². The van der Waals surface area contributed by atoms with E-state index in [9.17, 15) is 0 Å². The van der Waals surface area contributed by atoms with Crippen molar-refractivity contribution < 1.29 is 0 Å². The molecule has 6 nitrogen and oxygen atoms in total. The molecule has 0 bridgehead atoms. The topological polar surface area (TPSA) is 67.7 Å². The normalized spacial score (nSPS) is 10.6. The molecule has 0 amide bonds. The third kappa shape index (κ3) is 4.44. The van der Waals surface area contributed by atoms with E-state index in [0.29, 0.717) is 0 Å². The minimum absolute atomic E-state index is 0.789. The Bertz CT molecular complexity index is 550. The first-order valence-corrected chi connectivity index (χ1v) is 7.49. The van der Waals surface area contributed by atoms with Gasteiger partial charge in [0.05, 0.1) is 6.33 Å². The van der Waals surface area contributed by atoms with E-state index < -0.39 is 0 Å². The molecule has 0 saturated carbocycles. The van der Waals surface area contributed by atoms with E-state index in [0.717, 1.165) is 55.5 Å². The number of anilines is 2. The van der Waals surface area contributed by atoms with Gasteiger partial charge in [-0.3, -0.25) is 0 Å². The van der Waals surface area contributed by atoms with Crippen LogP contribution in [0.3, 0.4) is 0 Å². The smallest absolute Gasteiger partial charge is 0.134 e. The molecule has 114 valence electrons. The van der Waals surface area contributed by atoms with Gasteiger partial charge in [-0.2, -0.15) is 0 Å². The fourth-order valence-corrected chi connectivity index (χ4v) is 2.19. The number of nitrogens with zero attached hydrogens (tertiary/aromatic N) is 4. The Morgan fingerprint density at radius 3 is 2.52 bits per heavy atom. The molecular weight excluding hydrogens is 264 g/mol. The molecule has 2 aromatic heterocycles. The number of imidazole rings is 1. The van der Waals surface area contributed by atoms with Crippen LogP contribution in [-0.2, 0) is 6.54 Å². The number of hydrogen-bond acceptors (Lipinski definition) is 5. The molecule has 0 fully saturated rings. The zero-order valence-corrected chi connectivity index (χ0v) is 13.1. The largest absolute Gasteiger partial charge is 0.370 e. The van der Waals surface area contributed by atoms with Crippen molar-refractivity contribution in [2.24, 2.45) is 0 Å². The predicted octanol–water partition coefficient (Wildman–Crippen LogP) is 2.61. The van der Waals surface area contributed by atoms with Crippen LogP contribution in [0.1, 0.15) is 31.2 Å². The molecule has 6 heteroatoms. The highest BCUT2D eigenvalue weighted by molar-refractivity contribution is 5.57. The lowest BCUT2D eigenvalue weighted by molar-refractivity contribution is 0.620. The molecule has 2 heterocycles. The van der Waals surface area contributed by atoms with Crippen molar-refractivity contribution >= 4 is 11.6 Å². The van der Waals surface area contributed by atoms with Crippen LogP contribution in [0, 0.1) is 13.8 Å². The average Bonchev–Trinajstić information content (AvgIpc) is 2.96. The highest BCUT2D eigenvalue weighted by Gasteiger charge is 2.07. The molecule has 0 radical (unpaired) electrons. The van der Waals surface area contributed by atoms with E-state index in [2.05, 4.69) is 37.1 Å². The van der Waals surface area contributed by atoms with Gasteiger partial charge in [0.2, 0.25) is 0 Å². The third-order valence-corrected chi connectivity index (χ3v) is 3.30. The first-order chi connectivity index (χ1) is 10.2. The molecule has 0 aliphatic carbocycles. The summed E-state index contributed by atoms with van der Waals surface area (Å²) in [5, 5.41) is 6.69. The fraction of sp³-hybridized carbons (Fsp3) is 0.533. The van der Waals surface area contributed by atoms with Crippen LogP contribution in [0.4, 0.5) is 11.6 Å². The van der Waals surface area contributed by atoms with Crippen LogP contribution in [-0.4, -0.2) is 32.6 Å². The average molecular weight is 288 g/mol. The third-order valence-electron chi connectivity index (χ3n) is 3.30. The van der Waals surface area contributed by atoms with E-state index in [-0.39, 0.29) is 0 Å². The predicted molar refractivity (Wildman–Crippen MR) is 85.6 cm³/mol. The zero-order chi connectivity index (χ0) is 15.1. The van der Waals surface area contributed by atoms with Crippen LogP contribution >= 0.6 is 0 Å². The highest BCUT2D eigenvalue weighted by Crippen LogP contribution is 2.19. The van der Waals surface area contributed by atoms with Crippen molar-refractivity contribution in [1.29, 1.82) is 0 Å². The number of nitrogens with one attached hydrogen (secondary N) is 2. The SMILES string of the molecule is CCNc1nc(C)nc(NCCCCn2ccnc2)c1C. The summed E-state index contributed by atoms with van der Waals surface area (Å²) in [6, 6.07) is 0. The van der Waals surface area contributed by atoms with E-state index in [1.807, 2.05) is 32.6 Å². The maximum Gasteiger partial charge on any atom is 0.134 e. The second-order valence-electron chi connectivity index (χ2n) is 5.06. The summed E-state index contributed by atoms with van der Waals surface area (Å²) in [4.78, 5) is 13.0. The molecule has 0 atom stereocenters. The zero-order valence-electron chi connectivity index (χ0n) is 13.1. The Labute approximate surface area is 126 Å². The van der Waals surface area contributed by atoms with Gasteiger partial charge in [0.15, 0.2) is 0 Å². The fourth-order valence-electron chi connectivity index (χ4n) is 2.19. The second kappa shape index (κ2) is 7.61. The van der Waals surface area contributed by atoms with Crippen LogP contribution in [0.15, 0.2) is 18.7 Å². The molecule has 0 aliphatic rings. The minimum atomic E-state index is 0.789. The Morgan fingerprint density at radius 2 is 1.86 bits per heavy atom. The molecule has 21 heavy (non-hydrogen) atoms. The molecular formula is C15H24N6. The summed E-state index contributed by atoms with van der Waals surface area (Å²) in [6.07, 6.45) is 7.87. The lowest BCUT2D eigenvalue weighted by atomic mass is 10.2. The molecule has 0 unspecified atom stereocenters. The van der Waals surface area contributed by atoms with Crippen molar-refractivity contribution in [1.82, 2.24) is 19.5 Å². The number of unbranched alkanes of at least 4 members (excludes halogenated alkanes) is 1. The van der Waals surface area contributed by atoms with Crippen molar-refractivity contribution in [2.75, 3.05) is 23.7 Å². The van der Waals surface area contributed by atoms with Gasteiger partial charge in [0.1, 0.15) is 17.5 Å². The maximum absolute atomic E-state index is 4.49. The highest BCUT2D eigenvalue weighted by atomic mass is 15.1. The number of aryl methyl sites for hydroxylation is 2. The van der Waals surface area contributed by atoms with Crippen molar-refractivity contribution in [3.8, 4) is 0 Å². The molecule has 0 saturated heterocycles.